The molecule has 0 aliphatic carbocycles. The summed E-state index contributed by atoms with van der Waals surface area (Å²) in [5.41, 5.74) is 0. The number of guanidine groups is 1. The summed E-state index contributed by atoms with van der Waals surface area (Å²) < 4.78 is 4.60. The fourth-order valence-corrected chi connectivity index (χ4v) is 2.47. The second kappa shape index (κ2) is 10.1. The number of rotatable bonds is 8. The summed E-state index contributed by atoms with van der Waals surface area (Å²) in [5, 5.41) is 7.37. The van der Waals surface area contributed by atoms with Crippen molar-refractivity contribution >= 4 is 23.3 Å². The Labute approximate surface area is 130 Å². The van der Waals surface area contributed by atoms with E-state index < -0.39 is 0 Å². The van der Waals surface area contributed by atoms with Gasteiger partial charge in [0.1, 0.15) is 0 Å². The largest absolute Gasteiger partial charge is 0.469 e. The van der Waals surface area contributed by atoms with E-state index in [4.69, 9.17) is 0 Å². The van der Waals surface area contributed by atoms with Gasteiger partial charge in [-0.1, -0.05) is 6.92 Å². The first-order valence-corrected chi connectivity index (χ1v) is 8.03. The Bertz CT molecular complexity index is 460. The number of aryl methyl sites for hydroxylation is 1. The quantitative estimate of drug-likeness (QED) is 0.431. The molecule has 1 heterocycles. The molecule has 1 aromatic rings. The van der Waals surface area contributed by atoms with E-state index in [0.29, 0.717) is 25.5 Å². The van der Waals surface area contributed by atoms with Crippen LogP contribution in [0, 0.1) is 0 Å². The van der Waals surface area contributed by atoms with E-state index in [2.05, 4.69) is 32.3 Å². The number of nitrogens with one attached hydrogen (secondary N) is 2. The van der Waals surface area contributed by atoms with Crippen LogP contribution in [0.1, 0.15) is 30.2 Å². The average Bonchev–Trinajstić information content (AvgIpc) is 2.95. The molecule has 0 atom stereocenters. The smallest absolute Gasteiger partial charge is 0.307 e. The Morgan fingerprint density at radius 3 is 2.86 bits per heavy atom. The number of thiazole rings is 1. The van der Waals surface area contributed by atoms with E-state index in [1.807, 2.05) is 13.1 Å². The molecule has 0 amide bonds. The number of aromatic nitrogens is 1. The Kier molecular flexibility index (Phi) is 8.42. The van der Waals surface area contributed by atoms with Crippen molar-refractivity contribution in [1.29, 1.82) is 0 Å². The van der Waals surface area contributed by atoms with Gasteiger partial charge in [0, 0.05) is 37.1 Å². The molecule has 0 fully saturated rings. The molecule has 1 aromatic heterocycles. The highest BCUT2D eigenvalue weighted by molar-refractivity contribution is 7.11. The summed E-state index contributed by atoms with van der Waals surface area (Å²) in [6.45, 7) is 6.09. The van der Waals surface area contributed by atoms with Crippen LogP contribution >= 0.6 is 11.3 Å². The lowest BCUT2D eigenvalue weighted by Crippen LogP contribution is -2.38. The third-order valence-electron chi connectivity index (χ3n) is 2.74. The van der Waals surface area contributed by atoms with E-state index >= 15 is 0 Å². The van der Waals surface area contributed by atoms with Gasteiger partial charge in [0.15, 0.2) is 5.96 Å². The highest BCUT2D eigenvalue weighted by Crippen LogP contribution is 2.13. The molecule has 0 aromatic carbocycles. The van der Waals surface area contributed by atoms with Crippen molar-refractivity contribution in [2.75, 3.05) is 26.7 Å². The monoisotopic (exact) mass is 312 g/mol. The van der Waals surface area contributed by atoms with Crippen molar-refractivity contribution in [2.24, 2.45) is 4.99 Å². The van der Waals surface area contributed by atoms with Gasteiger partial charge in [0.2, 0.25) is 0 Å². The fourth-order valence-electron chi connectivity index (χ4n) is 1.62. The van der Waals surface area contributed by atoms with Crippen LogP contribution in [0.4, 0.5) is 0 Å². The Balaban J connectivity index is 2.38. The SMILES string of the molecule is CCNC(=NCCc1ncc(CC)s1)NCCC(=O)OC. The lowest BCUT2D eigenvalue weighted by Gasteiger charge is -2.10. The summed E-state index contributed by atoms with van der Waals surface area (Å²) in [5.74, 6) is 0.488. The lowest BCUT2D eigenvalue weighted by atomic mass is 10.4. The van der Waals surface area contributed by atoms with Crippen LogP contribution in [0.3, 0.4) is 0 Å². The zero-order valence-electron chi connectivity index (χ0n) is 12.9. The zero-order chi connectivity index (χ0) is 15.5. The van der Waals surface area contributed by atoms with E-state index in [1.165, 1.54) is 12.0 Å². The molecule has 0 radical (unpaired) electrons. The topological polar surface area (TPSA) is 75.6 Å². The minimum atomic E-state index is -0.228. The highest BCUT2D eigenvalue weighted by atomic mass is 32.1. The number of ether oxygens (including phenoxy) is 1. The molecule has 6 nitrogen and oxygen atoms in total. The number of hydrogen-bond donors (Lipinski definition) is 2. The summed E-state index contributed by atoms with van der Waals surface area (Å²) >= 11 is 1.74. The molecule has 7 heteroatoms. The molecule has 0 saturated heterocycles. The molecule has 0 spiro atoms. The number of esters is 1. The second-order valence-electron chi connectivity index (χ2n) is 4.34. The molecule has 118 valence electrons. The highest BCUT2D eigenvalue weighted by Gasteiger charge is 2.03. The maximum atomic E-state index is 11.1. The van der Waals surface area contributed by atoms with Gasteiger partial charge in [-0.3, -0.25) is 9.79 Å². The number of nitrogens with zero attached hydrogens (tertiary/aromatic N) is 2. The first-order valence-electron chi connectivity index (χ1n) is 7.22. The Hall–Kier alpha value is -1.63. The van der Waals surface area contributed by atoms with Crippen LogP contribution in [-0.2, 0) is 22.4 Å². The maximum absolute atomic E-state index is 11.1. The molecule has 0 saturated carbocycles. The zero-order valence-corrected chi connectivity index (χ0v) is 13.8. The van der Waals surface area contributed by atoms with Crippen LogP contribution in [0.2, 0.25) is 0 Å². The average molecular weight is 312 g/mol. The predicted octanol–water partition coefficient (Wildman–Crippen LogP) is 1.37. The fraction of sp³-hybridized carbons (Fsp3) is 0.643. The third kappa shape index (κ3) is 7.08. The molecule has 0 bridgehead atoms. The summed E-state index contributed by atoms with van der Waals surface area (Å²) in [7, 11) is 1.39. The maximum Gasteiger partial charge on any atom is 0.307 e. The van der Waals surface area contributed by atoms with Gasteiger partial charge in [-0.25, -0.2) is 4.98 Å². The summed E-state index contributed by atoms with van der Waals surface area (Å²) in [6, 6.07) is 0. The van der Waals surface area contributed by atoms with Gasteiger partial charge in [-0.15, -0.1) is 11.3 Å². The van der Waals surface area contributed by atoms with Gasteiger partial charge in [0.25, 0.3) is 0 Å². The molecular formula is C14H24N4O2S. The third-order valence-corrected chi connectivity index (χ3v) is 3.94. The van der Waals surface area contributed by atoms with E-state index in [-0.39, 0.29) is 5.97 Å². The number of methoxy groups -OCH3 is 1. The van der Waals surface area contributed by atoms with Gasteiger partial charge in [-0.2, -0.15) is 0 Å². The first kappa shape index (κ1) is 17.4. The minimum Gasteiger partial charge on any atom is -0.469 e. The summed E-state index contributed by atoms with van der Waals surface area (Å²) in [6.07, 6.45) is 4.12. The van der Waals surface area contributed by atoms with E-state index in [9.17, 15) is 4.79 Å². The summed E-state index contributed by atoms with van der Waals surface area (Å²) in [4.78, 5) is 21.2. The van der Waals surface area contributed by atoms with Crippen molar-refractivity contribution in [1.82, 2.24) is 15.6 Å². The van der Waals surface area contributed by atoms with E-state index in [0.717, 1.165) is 24.4 Å². The van der Waals surface area contributed by atoms with Crippen molar-refractivity contribution in [3.8, 4) is 0 Å². The van der Waals surface area contributed by atoms with Gasteiger partial charge >= 0.3 is 5.97 Å². The van der Waals surface area contributed by atoms with Crippen molar-refractivity contribution in [2.45, 2.75) is 33.1 Å². The van der Waals surface area contributed by atoms with Crippen LogP contribution in [0.5, 0.6) is 0 Å². The number of carbonyl (C=O) groups excluding carboxylic acids is 1. The second-order valence-corrected chi connectivity index (χ2v) is 5.54. The van der Waals surface area contributed by atoms with Crippen LogP contribution in [0.25, 0.3) is 0 Å². The number of carbonyl (C=O) groups is 1. The van der Waals surface area contributed by atoms with Crippen molar-refractivity contribution in [3.05, 3.63) is 16.1 Å². The Morgan fingerprint density at radius 2 is 2.24 bits per heavy atom. The van der Waals surface area contributed by atoms with Crippen LogP contribution in [-0.4, -0.2) is 43.7 Å². The molecule has 1 rings (SSSR count). The number of hydrogen-bond acceptors (Lipinski definition) is 5. The molecule has 0 aliphatic heterocycles. The normalized spacial score (nSPS) is 11.3. The van der Waals surface area contributed by atoms with Gasteiger partial charge < -0.3 is 15.4 Å². The van der Waals surface area contributed by atoms with Crippen LogP contribution in [0.15, 0.2) is 11.2 Å². The standard InChI is InChI=1S/C14H24N4O2S/c1-4-11-10-18-12(21-11)6-8-16-14(15-5-2)17-9-7-13(19)20-3/h10H,4-9H2,1-3H3,(H2,15,16,17). The molecule has 21 heavy (non-hydrogen) atoms. The molecule has 0 unspecified atom stereocenters. The van der Waals surface area contributed by atoms with Gasteiger partial charge in [-0.05, 0) is 13.3 Å². The van der Waals surface area contributed by atoms with Crippen molar-refractivity contribution in [3.63, 3.8) is 0 Å². The lowest BCUT2D eigenvalue weighted by molar-refractivity contribution is -0.140. The molecular weight excluding hydrogens is 288 g/mol. The number of aliphatic imine (C=N–C) groups is 1. The van der Waals surface area contributed by atoms with Crippen molar-refractivity contribution < 1.29 is 9.53 Å². The van der Waals surface area contributed by atoms with Crippen LogP contribution < -0.4 is 10.6 Å². The molecule has 0 aliphatic rings. The minimum absolute atomic E-state index is 0.228. The molecule has 2 N–H and O–H groups in total. The predicted molar refractivity (Wildman–Crippen MR) is 85.8 cm³/mol. The Morgan fingerprint density at radius 1 is 1.43 bits per heavy atom. The van der Waals surface area contributed by atoms with Gasteiger partial charge in [0.05, 0.1) is 18.5 Å². The van der Waals surface area contributed by atoms with E-state index in [1.54, 1.807) is 11.3 Å². The first-order chi connectivity index (χ1) is 10.2.